The van der Waals surface area contributed by atoms with Gasteiger partial charge in [0.25, 0.3) is 0 Å². The van der Waals surface area contributed by atoms with Crippen LogP contribution in [0.1, 0.15) is 10.4 Å². The standard InChI is InChI=1S/C19H14O2/c20-19(21)16-12-10-15(11-13-16)18-9-5-4-8-17(18)14-6-2-1-3-7-14/h1-13H,(H,20,21). The summed E-state index contributed by atoms with van der Waals surface area (Å²) < 4.78 is 0. The Morgan fingerprint density at radius 2 is 1.10 bits per heavy atom. The Morgan fingerprint density at radius 3 is 1.62 bits per heavy atom. The van der Waals surface area contributed by atoms with Crippen LogP contribution in [-0.4, -0.2) is 11.1 Å². The van der Waals surface area contributed by atoms with E-state index in [-0.39, 0.29) is 0 Å². The van der Waals surface area contributed by atoms with Gasteiger partial charge in [-0.2, -0.15) is 0 Å². The van der Waals surface area contributed by atoms with Crippen molar-refractivity contribution in [2.45, 2.75) is 0 Å². The van der Waals surface area contributed by atoms with Gasteiger partial charge in [-0.1, -0.05) is 66.7 Å². The van der Waals surface area contributed by atoms with Gasteiger partial charge in [0, 0.05) is 0 Å². The van der Waals surface area contributed by atoms with Crippen LogP contribution < -0.4 is 0 Å². The van der Waals surface area contributed by atoms with Crippen LogP contribution in [0.3, 0.4) is 0 Å². The fourth-order valence-electron chi connectivity index (χ4n) is 2.40. The van der Waals surface area contributed by atoms with E-state index in [1.54, 1.807) is 12.1 Å². The molecule has 0 aliphatic carbocycles. The summed E-state index contributed by atoms with van der Waals surface area (Å²) in [7, 11) is 0. The molecule has 0 radical (unpaired) electrons. The Kier molecular flexibility index (Phi) is 3.52. The molecule has 0 saturated heterocycles. The number of rotatable bonds is 3. The minimum atomic E-state index is -0.905. The second-order valence-corrected chi connectivity index (χ2v) is 4.79. The molecule has 0 aromatic heterocycles. The predicted octanol–water partition coefficient (Wildman–Crippen LogP) is 4.72. The Bertz CT molecular complexity index is 759. The number of hydrogen-bond acceptors (Lipinski definition) is 1. The first-order chi connectivity index (χ1) is 10.3. The molecule has 2 nitrogen and oxygen atoms in total. The van der Waals surface area contributed by atoms with Gasteiger partial charge in [-0.15, -0.1) is 0 Å². The summed E-state index contributed by atoms with van der Waals surface area (Å²) in [5, 5.41) is 8.98. The van der Waals surface area contributed by atoms with Gasteiger partial charge in [0.05, 0.1) is 5.56 Å². The maximum Gasteiger partial charge on any atom is 0.335 e. The summed E-state index contributed by atoms with van der Waals surface area (Å²) in [6.07, 6.45) is 0. The van der Waals surface area contributed by atoms with E-state index in [1.807, 2.05) is 42.5 Å². The maximum absolute atomic E-state index is 10.9. The number of carboxylic acids is 1. The fourth-order valence-corrected chi connectivity index (χ4v) is 2.40. The number of carbonyl (C=O) groups is 1. The van der Waals surface area contributed by atoms with Gasteiger partial charge in [-0.3, -0.25) is 0 Å². The van der Waals surface area contributed by atoms with E-state index in [1.165, 1.54) is 0 Å². The highest BCUT2D eigenvalue weighted by Gasteiger charge is 2.08. The normalized spacial score (nSPS) is 10.3. The minimum absolute atomic E-state index is 0.302. The van der Waals surface area contributed by atoms with E-state index in [4.69, 9.17) is 5.11 Å². The summed E-state index contributed by atoms with van der Waals surface area (Å²) in [6, 6.07) is 25.3. The van der Waals surface area contributed by atoms with Gasteiger partial charge < -0.3 is 5.11 Å². The first-order valence-electron chi connectivity index (χ1n) is 6.74. The van der Waals surface area contributed by atoms with Crippen molar-refractivity contribution in [3.8, 4) is 22.3 Å². The topological polar surface area (TPSA) is 37.3 Å². The number of benzene rings is 3. The number of aromatic carboxylic acids is 1. The van der Waals surface area contributed by atoms with Crippen molar-refractivity contribution in [2.24, 2.45) is 0 Å². The first-order valence-corrected chi connectivity index (χ1v) is 6.74. The highest BCUT2D eigenvalue weighted by Crippen LogP contribution is 2.31. The lowest BCUT2D eigenvalue weighted by Gasteiger charge is -2.10. The summed E-state index contributed by atoms with van der Waals surface area (Å²) in [4.78, 5) is 10.9. The largest absolute Gasteiger partial charge is 0.478 e. The molecule has 0 amide bonds. The van der Waals surface area contributed by atoms with Gasteiger partial charge in [-0.05, 0) is 34.4 Å². The SMILES string of the molecule is O=C(O)c1ccc(-c2ccccc2-c2ccccc2)cc1. The lowest BCUT2D eigenvalue weighted by atomic mass is 9.94. The van der Waals surface area contributed by atoms with E-state index in [9.17, 15) is 4.79 Å². The zero-order valence-electron chi connectivity index (χ0n) is 11.4. The molecular weight excluding hydrogens is 260 g/mol. The molecule has 3 aromatic rings. The van der Waals surface area contributed by atoms with Crippen LogP contribution in [0.2, 0.25) is 0 Å². The van der Waals surface area contributed by atoms with Gasteiger partial charge in [0.2, 0.25) is 0 Å². The predicted molar refractivity (Wildman–Crippen MR) is 84.3 cm³/mol. The van der Waals surface area contributed by atoms with Gasteiger partial charge in [-0.25, -0.2) is 4.79 Å². The van der Waals surface area contributed by atoms with E-state index < -0.39 is 5.97 Å². The highest BCUT2D eigenvalue weighted by atomic mass is 16.4. The molecule has 3 rings (SSSR count). The average molecular weight is 274 g/mol. The molecule has 1 N–H and O–H groups in total. The van der Waals surface area contributed by atoms with Crippen molar-refractivity contribution in [2.75, 3.05) is 0 Å². The van der Waals surface area contributed by atoms with Crippen LogP contribution in [0.5, 0.6) is 0 Å². The second kappa shape index (κ2) is 5.63. The Balaban J connectivity index is 2.09. The van der Waals surface area contributed by atoms with Crippen LogP contribution >= 0.6 is 0 Å². The zero-order chi connectivity index (χ0) is 14.7. The third-order valence-electron chi connectivity index (χ3n) is 3.45. The first kappa shape index (κ1) is 13.1. The average Bonchev–Trinajstić information content (AvgIpc) is 2.56. The third-order valence-corrected chi connectivity index (χ3v) is 3.45. The smallest absolute Gasteiger partial charge is 0.335 e. The van der Waals surface area contributed by atoms with Crippen LogP contribution in [-0.2, 0) is 0 Å². The molecule has 0 fully saturated rings. The van der Waals surface area contributed by atoms with Gasteiger partial charge in [0.1, 0.15) is 0 Å². The zero-order valence-corrected chi connectivity index (χ0v) is 11.4. The van der Waals surface area contributed by atoms with Crippen LogP contribution in [0.15, 0.2) is 78.9 Å². The van der Waals surface area contributed by atoms with E-state index >= 15 is 0 Å². The highest BCUT2D eigenvalue weighted by molar-refractivity contribution is 5.89. The molecule has 0 aliphatic rings. The molecular formula is C19H14O2. The number of hydrogen-bond donors (Lipinski definition) is 1. The maximum atomic E-state index is 10.9. The van der Waals surface area contributed by atoms with Crippen molar-refractivity contribution in [1.29, 1.82) is 0 Å². The number of carboxylic acid groups (broad SMARTS) is 1. The van der Waals surface area contributed by atoms with Crippen molar-refractivity contribution in [3.05, 3.63) is 84.4 Å². The molecule has 0 bridgehead atoms. The van der Waals surface area contributed by atoms with Crippen molar-refractivity contribution in [3.63, 3.8) is 0 Å². The molecule has 102 valence electrons. The molecule has 0 unspecified atom stereocenters. The van der Waals surface area contributed by atoms with Crippen molar-refractivity contribution in [1.82, 2.24) is 0 Å². The Morgan fingerprint density at radius 1 is 0.619 bits per heavy atom. The van der Waals surface area contributed by atoms with E-state index in [0.717, 1.165) is 22.3 Å². The quantitative estimate of drug-likeness (QED) is 0.750. The van der Waals surface area contributed by atoms with Crippen molar-refractivity contribution >= 4 is 5.97 Å². The molecule has 0 heterocycles. The lowest BCUT2D eigenvalue weighted by Crippen LogP contribution is -1.95. The van der Waals surface area contributed by atoms with Gasteiger partial charge in [0.15, 0.2) is 0 Å². The van der Waals surface area contributed by atoms with Gasteiger partial charge >= 0.3 is 5.97 Å². The summed E-state index contributed by atoms with van der Waals surface area (Å²) in [6.45, 7) is 0. The molecule has 2 heteroatoms. The molecule has 0 spiro atoms. The lowest BCUT2D eigenvalue weighted by molar-refractivity contribution is 0.0697. The second-order valence-electron chi connectivity index (χ2n) is 4.79. The monoisotopic (exact) mass is 274 g/mol. The van der Waals surface area contributed by atoms with E-state index in [2.05, 4.69) is 24.3 Å². The summed E-state index contributed by atoms with van der Waals surface area (Å²) in [5.74, 6) is -0.905. The molecule has 0 saturated carbocycles. The van der Waals surface area contributed by atoms with Crippen LogP contribution in [0.4, 0.5) is 0 Å². The molecule has 3 aromatic carbocycles. The summed E-state index contributed by atoms with van der Waals surface area (Å²) >= 11 is 0. The van der Waals surface area contributed by atoms with Crippen LogP contribution in [0.25, 0.3) is 22.3 Å². The molecule has 0 aliphatic heterocycles. The molecule has 21 heavy (non-hydrogen) atoms. The fraction of sp³-hybridized carbons (Fsp3) is 0. The summed E-state index contributed by atoms with van der Waals surface area (Å²) in [5.41, 5.74) is 4.70. The van der Waals surface area contributed by atoms with Crippen LogP contribution in [0, 0.1) is 0 Å². The Labute approximate surface area is 123 Å². The van der Waals surface area contributed by atoms with Crippen molar-refractivity contribution < 1.29 is 9.90 Å². The third kappa shape index (κ3) is 2.70. The molecule has 0 atom stereocenters. The van der Waals surface area contributed by atoms with E-state index in [0.29, 0.717) is 5.56 Å². The minimum Gasteiger partial charge on any atom is -0.478 e. The Hall–Kier alpha value is -2.87.